The summed E-state index contributed by atoms with van der Waals surface area (Å²) in [4.78, 5) is 24.1. The Kier molecular flexibility index (Phi) is 6.44. The lowest BCUT2D eigenvalue weighted by Gasteiger charge is -2.09. The number of carbonyl (C=O) groups excluding carboxylic acids is 2. The molecule has 0 saturated heterocycles. The van der Waals surface area contributed by atoms with E-state index in [-0.39, 0.29) is 18.8 Å². The number of nitrogens with one attached hydrogen (secondary N) is 2. The Bertz CT molecular complexity index is 970. The predicted octanol–water partition coefficient (Wildman–Crippen LogP) is 3.32. The third kappa shape index (κ3) is 4.98. The highest BCUT2D eigenvalue weighted by Gasteiger charge is 2.14. The summed E-state index contributed by atoms with van der Waals surface area (Å²) in [6.07, 6.45) is 0. The molecule has 7 nitrogen and oxygen atoms in total. The first kappa shape index (κ1) is 19.6. The Morgan fingerprint density at radius 3 is 2.64 bits per heavy atom. The minimum absolute atomic E-state index is 0.176. The van der Waals surface area contributed by atoms with Gasteiger partial charge in [0.15, 0.2) is 6.61 Å². The number of esters is 1. The molecule has 144 valence electrons. The quantitative estimate of drug-likeness (QED) is 0.546. The fraction of sp³-hybridized carbons (Fsp3) is 0.150. The van der Waals surface area contributed by atoms with E-state index < -0.39 is 11.9 Å². The zero-order chi connectivity index (χ0) is 19.9. The van der Waals surface area contributed by atoms with Gasteiger partial charge in [-0.05, 0) is 24.3 Å². The van der Waals surface area contributed by atoms with Crippen molar-refractivity contribution < 1.29 is 19.1 Å². The lowest BCUT2D eigenvalue weighted by atomic mass is 10.1. The van der Waals surface area contributed by atoms with Crippen LogP contribution in [0.5, 0.6) is 5.75 Å². The van der Waals surface area contributed by atoms with Gasteiger partial charge < -0.3 is 14.8 Å². The average molecular weight is 444 g/mol. The van der Waals surface area contributed by atoms with Crippen LogP contribution in [0.2, 0.25) is 0 Å². The van der Waals surface area contributed by atoms with Gasteiger partial charge in [0.05, 0.1) is 12.8 Å². The Hall–Kier alpha value is -3.13. The molecule has 2 aromatic carbocycles. The van der Waals surface area contributed by atoms with Crippen molar-refractivity contribution in [3.8, 4) is 17.0 Å². The Morgan fingerprint density at radius 2 is 1.89 bits per heavy atom. The predicted molar refractivity (Wildman–Crippen MR) is 107 cm³/mol. The standard InChI is InChI=1S/C20H18BrN3O4/c1-27-18-5-3-2-4-14(18)11-22-19(25)12-28-20(26)17-10-16(23-24-17)13-6-8-15(21)9-7-13/h2-10H,11-12H2,1H3,(H,22,25)(H,23,24). The summed E-state index contributed by atoms with van der Waals surface area (Å²) in [6, 6.07) is 16.5. The summed E-state index contributed by atoms with van der Waals surface area (Å²) >= 11 is 3.37. The van der Waals surface area contributed by atoms with Crippen LogP contribution in [-0.4, -0.2) is 35.8 Å². The van der Waals surface area contributed by atoms with Crippen molar-refractivity contribution in [2.75, 3.05) is 13.7 Å². The average Bonchev–Trinajstić information content (AvgIpc) is 3.21. The number of H-pyrrole nitrogens is 1. The molecule has 0 aliphatic rings. The third-order valence-electron chi connectivity index (χ3n) is 3.94. The molecule has 0 atom stereocenters. The number of halogens is 1. The largest absolute Gasteiger partial charge is 0.496 e. The lowest BCUT2D eigenvalue weighted by molar-refractivity contribution is -0.124. The number of ether oxygens (including phenoxy) is 2. The maximum absolute atomic E-state index is 12.1. The maximum Gasteiger partial charge on any atom is 0.356 e. The van der Waals surface area contributed by atoms with Gasteiger partial charge in [-0.25, -0.2) is 4.79 Å². The van der Waals surface area contributed by atoms with E-state index in [0.29, 0.717) is 11.4 Å². The molecule has 0 spiro atoms. The second-order valence-electron chi connectivity index (χ2n) is 5.84. The number of nitrogens with zero attached hydrogens (tertiary/aromatic N) is 1. The fourth-order valence-electron chi connectivity index (χ4n) is 2.50. The SMILES string of the molecule is COc1ccccc1CNC(=O)COC(=O)c1cc(-c2ccc(Br)cc2)n[nH]1. The minimum atomic E-state index is -0.650. The van der Waals surface area contributed by atoms with E-state index in [1.165, 1.54) is 0 Å². The van der Waals surface area contributed by atoms with Crippen LogP contribution in [0.1, 0.15) is 16.1 Å². The molecule has 0 aliphatic heterocycles. The number of amides is 1. The van der Waals surface area contributed by atoms with Gasteiger partial charge >= 0.3 is 5.97 Å². The maximum atomic E-state index is 12.1. The van der Waals surface area contributed by atoms with E-state index in [4.69, 9.17) is 9.47 Å². The smallest absolute Gasteiger partial charge is 0.356 e. The number of carbonyl (C=O) groups is 2. The Balaban J connectivity index is 1.51. The first-order valence-electron chi connectivity index (χ1n) is 8.44. The van der Waals surface area contributed by atoms with Crippen molar-refractivity contribution in [1.82, 2.24) is 15.5 Å². The molecule has 0 unspecified atom stereocenters. The zero-order valence-corrected chi connectivity index (χ0v) is 16.7. The number of aromatic nitrogens is 2. The number of benzene rings is 2. The van der Waals surface area contributed by atoms with Crippen LogP contribution in [0.3, 0.4) is 0 Å². The first-order valence-corrected chi connectivity index (χ1v) is 9.23. The van der Waals surface area contributed by atoms with E-state index in [2.05, 4.69) is 31.4 Å². The molecule has 28 heavy (non-hydrogen) atoms. The molecule has 1 aromatic heterocycles. The number of hydrogen-bond acceptors (Lipinski definition) is 5. The highest BCUT2D eigenvalue weighted by atomic mass is 79.9. The molecule has 1 heterocycles. The molecule has 3 aromatic rings. The van der Waals surface area contributed by atoms with Crippen LogP contribution in [-0.2, 0) is 16.1 Å². The van der Waals surface area contributed by atoms with Gasteiger partial charge in [-0.1, -0.05) is 46.3 Å². The van der Waals surface area contributed by atoms with Gasteiger partial charge in [0.2, 0.25) is 0 Å². The van der Waals surface area contributed by atoms with Crippen LogP contribution in [0.15, 0.2) is 59.1 Å². The topological polar surface area (TPSA) is 93.3 Å². The summed E-state index contributed by atoms with van der Waals surface area (Å²) in [7, 11) is 1.56. The normalized spacial score (nSPS) is 10.4. The van der Waals surface area contributed by atoms with E-state index in [9.17, 15) is 9.59 Å². The van der Waals surface area contributed by atoms with Crippen molar-refractivity contribution in [3.63, 3.8) is 0 Å². The first-order chi connectivity index (χ1) is 13.6. The van der Waals surface area contributed by atoms with Crippen LogP contribution < -0.4 is 10.1 Å². The molecule has 0 aliphatic carbocycles. The van der Waals surface area contributed by atoms with Gasteiger partial charge in [-0.3, -0.25) is 9.89 Å². The molecule has 3 rings (SSSR count). The summed E-state index contributed by atoms with van der Waals surface area (Å²) < 4.78 is 11.2. The van der Waals surface area contributed by atoms with E-state index in [1.54, 1.807) is 13.2 Å². The number of hydrogen-bond donors (Lipinski definition) is 2. The second kappa shape index (κ2) is 9.18. The third-order valence-corrected chi connectivity index (χ3v) is 4.47. The van der Waals surface area contributed by atoms with Crippen LogP contribution in [0.25, 0.3) is 11.3 Å². The molecule has 0 saturated carbocycles. The van der Waals surface area contributed by atoms with Gasteiger partial charge in [0, 0.05) is 22.1 Å². The molecule has 0 radical (unpaired) electrons. The van der Waals surface area contributed by atoms with E-state index in [0.717, 1.165) is 15.6 Å². The van der Waals surface area contributed by atoms with Gasteiger partial charge in [-0.2, -0.15) is 5.10 Å². The van der Waals surface area contributed by atoms with Gasteiger partial charge in [0.1, 0.15) is 11.4 Å². The monoisotopic (exact) mass is 443 g/mol. The van der Waals surface area contributed by atoms with E-state index in [1.807, 2.05) is 48.5 Å². The van der Waals surface area contributed by atoms with Gasteiger partial charge in [-0.15, -0.1) is 0 Å². The van der Waals surface area contributed by atoms with Gasteiger partial charge in [0.25, 0.3) is 5.91 Å². The Labute approximate surface area is 170 Å². The number of methoxy groups -OCH3 is 1. The summed E-state index contributed by atoms with van der Waals surface area (Å²) in [5, 5.41) is 9.42. The van der Waals surface area contributed by atoms with Crippen LogP contribution in [0, 0.1) is 0 Å². The second-order valence-corrected chi connectivity index (χ2v) is 6.75. The van der Waals surface area contributed by atoms with E-state index >= 15 is 0 Å². The summed E-state index contributed by atoms with van der Waals surface area (Å²) in [6.45, 7) is -0.112. The molecule has 8 heteroatoms. The number of aromatic amines is 1. The number of para-hydroxylation sites is 1. The molecular formula is C20H18BrN3O4. The van der Waals surface area contributed by atoms with Crippen molar-refractivity contribution >= 4 is 27.8 Å². The molecular weight excluding hydrogens is 426 g/mol. The van der Waals surface area contributed by atoms with Crippen molar-refractivity contribution in [2.24, 2.45) is 0 Å². The zero-order valence-electron chi connectivity index (χ0n) is 15.1. The molecule has 2 N–H and O–H groups in total. The minimum Gasteiger partial charge on any atom is -0.496 e. The van der Waals surface area contributed by atoms with Crippen molar-refractivity contribution in [2.45, 2.75) is 6.54 Å². The van der Waals surface area contributed by atoms with Crippen molar-refractivity contribution in [3.05, 3.63) is 70.3 Å². The molecule has 1 amide bonds. The highest BCUT2D eigenvalue weighted by Crippen LogP contribution is 2.20. The summed E-state index contributed by atoms with van der Waals surface area (Å²) in [5.41, 5.74) is 2.47. The van der Waals surface area contributed by atoms with Crippen LogP contribution >= 0.6 is 15.9 Å². The summed E-state index contributed by atoms with van der Waals surface area (Å²) in [5.74, 6) is -0.382. The highest BCUT2D eigenvalue weighted by molar-refractivity contribution is 9.10. The number of rotatable bonds is 7. The Morgan fingerprint density at radius 1 is 1.14 bits per heavy atom. The molecule has 0 bridgehead atoms. The molecule has 0 fully saturated rings. The fourth-order valence-corrected chi connectivity index (χ4v) is 2.76. The van der Waals surface area contributed by atoms with Crippen LogP contribution in [0.4, 0.5) is 0 Å². The van der Waals surface area contributed by atoms with Crippen molar-refractivity contribution in [1.29, 1.82) is 0 Å². The lowest BCUT2D eigenvalue weighted by Crippen LogP contribution is -2.28.